The van der Waals surface area contributed by atoms with E-state index < -0.39 is 5.97 Å². The minimum Gasteiger partial charge on any atom is -0.422 e. The van der Waals surface area contributed by atoms with Gasteiger partial charge in [-0.3, -0.25) is 4.79 Å². The molecular weight excluding hydrogens is 496 g/mol. The van der Waals surface area contributed by atoms with Crippen molar-refractivity contribution in [2.45, 2.75) is 104 Å². The number of ether oxygens (including phenoxy) is 1. The molecule has 5 nitrogen and oxygen atoms in total. The summed E-state index contributed by atoms with van der Waals surface area (Å²) in [5.74, 6) is -0.127. The summed E-state index contributed by atoms with van der Waals surface area (Å²) < 4.78 is 5.76. The molecule has 0 unspecified atom stereocenters. The number of hydrazone groups is 1. The number of hydrogen-bond acceptors (Lipinski definition) is 4. The molecule has 0 aliphatic carbocycles. The van der Waals surface area contributed by atoms with E-state index in [1.54, 1.807) is 24.4 Å². The van der Waals surface area contributed by atoms with Crippen LogP contribution in [0.25, 0.3) is 10.8 Å². The van der Waals surface area contributed by atoms with Gasteiger partial charge in [-0.15, -0.1) is 0 Å². The smallest absolute Gasteiger partial charge is 0.343 e. The van der Waals surface area contributed by atoms with Gasteiger partial charge in [-0.25, -0.2) is 10.2 Å². The summed E-state index contributed by atoms with van der Waals surface area (Å²) in [5, 5.41) is 6.10. The largest absolute Gasteiger partial charge is 0.422 e. The Labute approximate surface area is 240 Å². The highest BCUT2D eigenvalue weighted by molar-refractivity contribution is 6.04. The second-order valence-corrected chi connectivity index (χ2v) is 10.7. The molecule has 0 aliphatic rings. The van der Waals surface area contributed by atoms with E-state index in [4.69, 9.17) is 4.74 Å². The molecule has 3 aromatic carbocycles. The third-order valence-electron chi connectivity index (χ3n) is 7.28. The predicted octanol–water partition coefficient (Wildman–Crippen LogP) is 9.30. The van der Waals surface area contributed by atoms with Gasteiger partial charge >= 0.3 is 5.97 Å². The van der Waals surface area contributed by atoms with Gasteiger partial charge in [-0.2, -0.15) is 5.10 Å². The molecule has 40 heavy (non-hydrogen) atoms. The van der Waals surface area contributed by atoms with Crippen LogP contribution in [0.4, 0.5) is 0 Å². The molecule has 0 aromatic heterocycles. The Balaban J connectivity index is 1.41. The van der Waals surface area contributed by atoms with Gasteiger partial charge in [-0.05, 0) is 42.3 Å². The molecule has 0 heterocycles. The zero-order valence-corrected chi connectivity index (χ0v) is 24.4. The van der Waals surface area contributed by atoms with Gasteiger partial charge < -0.3 is 4.74 Å². The number of benzene rings is 3. The molecule has 0 fully saturated rings. The van der Waals surface area contributed by atoms with Crippen LogP contribution in [0.15, 0.2) is 65.8 Å². The first-order chi connectivity index (χ1) is 19.6. The fourth-order valence-corrected chi connectivity index (χ4v) is 4.96. The molecule has 1 amide bonds. The third kappa shape index (κ3) is 11.0. The summed E-state index contributed by atoms with van der Waals surface area (Å²) in [6, 6.07) is 18.8. The van der Waals surface area contributed by atoms with E-state index in [1.807, 2.05) is 49.4 Å². The number of nitrogens with one attached hydrogen (secondary N) is 1. The average Bonchev–Trinajstić information content (AvgIpc) is 2.96. The highest BCUT2D eigenvalue weighted by atomic mass is 16.5. The van der Waals surface area contributed by atoms with E-state index in [-0.39, 0.29) is 5.91 Å². The lowest BCUT2D eigenvalue weighted by atomic mass is 10.0. The maximum absolute atomic E-state index is 12.8. The van der Waals surface area contributed by atoms with Crippen molar-refractivity contribution >= 4 is 28.9 Å². The van der Waals surface area contributed by atoms with Crippen LogP contribution >= 0.6 is 0 Å². The first-order valence-electron chi connectivity index (χ1n) is 15.2. The molecule has 0 radical (unpaired) electrons. The molecule has 1 N–H and O–H groups in total. The molecule has 0 bridgehead atoms. The standard InChI is InChI=1S/C35H46N2O3/c1-3-4-5-6-7-8-9-10-11-12-13-14-15-23-34(38)37-36-27-32-31-22-17-16-20-29(31)24-25-33(32)40-35(39)30-21-18-19-28(2)26-30/h16-22,24-27H,3-15,23H2,1-2H3,(H,37,38)/b36-27+. The lowest BCUT2D eigenvalue weighted by Crippen LogP contribution is -2.17. The highest BCUT2D eigenvalue weighted by Gasteiger charge is 2.14. The number of carbonyl (C=O) groups excluding carboxylic acids is 2. The van der Waals surface area contributed by atoms with E-state index in [0.29, 0.717) is 23.3 Å². The lowest BCUT2D eigenvalue weighted by Gasteiger charge is -2.11. The minimum atomic E-state index is -0.430. The average molecular weight is 543 g/mol. The fraction of sp³-hybridized carbons (Fsp3) is 0.457. The van der Waals surface area contributed by atoms with Gasteiger partial charge in [0.05, 0.1) is 11.8 Å². The molecule has 214 valence electrons. The maximum Gasteiger partial charge on any atom is 0.343 e. The Hall–Kier alpha value is -3.47. The number of carbonyl (C=O) groups is 2. The Morgan fingerprint density at radius 1 is 0.775 bits per heavy atom. The molecule has 5 heteroatoms. The van der Waals surface area contributed by atoms with Gasteiger partial charge in [0, 0.05) is 12.0 Å². The van der Waals surface area contributed by atoms with Crippen molar-refractivity contribution in [2.75, 3.05) is 0 Å². The van der Waals surface area contributed by atoms with Crippen molar-refractivity contribution in [3.8, 4) is 5.75 Å². The van der Waals surface area contributed by atoms with Crippen molar-refractivity contribution < 1.29 is 14.3 Å². The third-order valence-corrected chi connectivity index (χ3v) is 7.28. The molecular formula is C35H46N2O3. The van der Waals surface area contributed by atoms with Gasteiger partial charge in [0.25, 0.3) is 0 Å². The number of rotatable bonds is 18. The van der Waals surface area contributed by atoms with E-state index >= 15 is 0 Å². The number of nitrogens with zero attached hydrogens (tertiary/aromatic N) is 1. The second-order valence-electron chi connectivity index (χ2n) is 10.7. The van der Waals surface area contributed by atoms with Crippen molar-refractivity contribution in [2.24, 2.45) is 5.10 Å². The first kappa shape index (κ1) is 31.1. The number of unbranched alkanes of at least 4 members (excludes halogenated alkanes) is 12. The summed E-state index contributed by atoms with van der Waals surface area (Å²) in [7, 11) is 0. The highest BCUT2D eigenvalue weighted by Crippen LogP contribution is 2.27. The topological polar surface area (TPSA) is 67.8 Å². The van der Waals surface area contributed by atoms with Crippen LogP contribution in [0.2, 0.25) is 0 Å². The Bertz CT molecular complexity index is 1230. The fourth-order valence-electron chi connectivity index (χ4n) is 4.96. The number of fused-ring (bicyclic) bond motifs is 1. The van der Waals surface area contributed by atoms with E-state index in [1.165, 1.54) is 70.6 Å². The van der Waals surface area contributed by atoms with Gasteiger partial charge in [0.15, 0.2) is 0 Å². The van der Waals surface area contributed by atoms with Crippen molar-refractivity contribution in [3.63, 3.8) is 0 Å². The molecule has 3 rings (SSSR count). The van der Waals surface area contributed by atoms with Gasteiger partial charge in [0.1, 0.15) is 5.75 Å². The van der Waals surface area contributed by atoms with E-state index in [2.05, 4.69) is 17.5 Å². The minimum absolute atomic E-state index is 0.0992. The first-order valence-corrected chi connectivity index (χ1v) is 15.2. The monoisotopic (exact) mass is 542 g/mol. The summed E-state index contributed by atoms with van der Waals surface area (Å²) in [6.45, 7) is 4.20. The van der Waals surface area contributed by atoms with E-state index in [9.17, 15) is 9.59 Å². The van der Waals surface area contributed by atoms with Crippen LogP contribution in [-0.4, -0.2) is 18.1 Å². The maximum atomic E-state index is 12.8. The molecule has 0 aliphatic heterocycles. The normalized spacial score (nSPS) is 11.2. The van der Waals surface area contributed by atoms with Crippen LogP contribution < -0.4 is 10.2 Å². The molecule has 0 saturated heterocycles. The van der Waals surface area contributed by atoms with Crippen molar-refractivity contribution in [1.82, 2.24) is 5.43 Å². The summed E-state index contributed by atoms with van der Waals surface area (Å²) in [6.07, 6.45) is 18.6. The molecule has 3 aromatic rings. The zero-order chi connectivity index (χ0) is 28.4. The number of aryl methyl sites for hydroxylation is 1. The van der Waals surface area contributed by atoms with Crippen LogP contribution in [0, 0.1) is 6.92 Å². The van der Waals surface area contributed by atoms with Crippen LogP contribution in [-0.2, 0) is 4.79 Å². The lowest BCUT2D eigenvalue weighted by molar-refractivity contribution is -0.121. The molecule has 0 saturated carbocycles. The number of hydrogen-bond donors (Lipinski definition) is 1. The van der Waals surface area contributed by atoms with Gasteiger partial charge in [-0.1, -0.05) is 132 Å². The van der Waals surface area contributed by atoms with Crippen molar-refractivity contribution in [1.29, 1.82) is 0 Å². The van der Waals surface area contributed by atoms with Gasteiger partial charge in [0.2, 0.25) is 5.91 Å². The number of esters is 1. The Morgan fingerprint density at radius 2 is 1.43 bits per heavy atom. The summed E-state index contributed by atoms with van der Waals surface area (Å²) in [4.78, 5) is 25.2. The number of amides is 1. The van der Waals surface area contributed by atoms with Crippen LogP contribution in [0.3, 0.4) is 0 Å². The zero-order valence-electron chi connectivity index (χ0n) is 24.4. The van der Waals surface area contributed by atoms with Crippen molar-refractivity contribution in [3.05, 3.63) is 77.4 Å². The Kier molecular flexibility index (Phi) is 14.0. The predicted molar refractivity (Wildman–Crippen MR) is 166 cm³/mol. The summed E-state index contributed by atoms with van der Waals surface area (Å²) in [5.41, 5.74) is 4.78. The van der Waals surface area contributed by atoms with Crippen LogP contribution in [0.5, 0.6) is 5.75 Å². The Morgan fingerprint density at radius 3 is 2.10 bits per heavy atom. The molecule has 0 spiro atoms. The SMILES string of the molecule is CCCCCCCCCCCCCCCC(=O)N/N=C/c1c(OC(=O)c2cccc(C)c2)ccc2ccccc12. The molecule has 0 atom stereocenters. The summed E-state index contributed by atoms with van der Waals surface area (Å²) >= 11 is 0. The van der Waals surface area contributed by atoms with E-state index in [0.717, 1.165) is 29.2 Å². The second kappa shape index (κ2) is 18.0. The van der Waals surface area contributed by atoms with Crippen LogP contribution in [0.1, 0.15) is 118 Å². The quantitative estimate of drug-likeness (QED) is 0.0572.